The van der Waals surface area contributed by atoms with Crippen LogP contribution in [0.4, 0.5) is 0 Å². The minimum Gasteiger partial charge on any atom is -0.748 e. The first-order valence-electron chi connectivity index (χ1n) is 8.16. The first-order chi connectivity index (χ1) is 11.2. The maximum absolute atomic E-state index is 10.8. The zero-order valence-electron chi connectivity index (χ0n) is 14.6. The number of hydrogen-bond donors (Lipinski definition) is 0. The van der Waals surface area contributed by atoms with Crippen molar-refractivity contribution in [2.75, 3.05) is 12.3 Å². The lowest BCUT2D eigenvalue weighted by molar-refractivity contribution is -0.470. The minimum atomic E-state index is -4.14. The molecule has 0 N–H and O–H groups in total. The molecule has 1 aliphatic heterocycles. The smallest absolute Gasteiger partial charge is 0.209 e. The van der Waals surface area contributed by atoms with E-state index in [4.69, 9.17) is 0 Å². The first kappa shape index (κ1) is 18.6. The van der Waals surface area contributed by atoms with Crippen LogP contribution in [0.1, 0.15) is 39.2 Å². The highest BCUT2D eigenvalue weighted by Crippen LogP contribution is 2.43. The van der Waals surface area contributed by atoms with E-state index in [9.17, 15) is 13.0 Å². The minimum absolute atomic E-state index is 0.129. The van der Waals surface area contributed by atoms with Crippen molar-refractivity contribution in [1.29, 1.82) is 0 Å². The Labute approximate surface area is 145 Å². The largest absolute Gasteiger partial charge is 0.748 e. The molecule has 4 nitrogen and oxygen atoms in total. The van der Waals surface area contributed by atoms with Gasteiger partial charge in [-0.05, 0) is 25.8 Å². The van der Waals surface area contributed by atoms with Crippen molar-refractivity contribution in [2.24, 2.45) is 5.41 Å². The molecule has 0 atom stereocenters. The van der Waals surface area contributed by atoms with E-state index < -0.39 is 10.1 Å². The molecule has 1 aliphatic rings. The number of rotatable bonds is 7. The van der Waals surface area contributed by atoms with Gasteiger partial charge in [-0.2, -0.15) is 4.58 Å². The van der Waals surface area contributed by atoms with E-state index in [-0.39, 0.29) is 11.2 Å². The van der Waals surface area contributed by atoms with Gasteiger partial charge in [0.05, 0.1) is 15.5 Å². The Morgan fingerprint density at radius 1 is 1.21 bits per heavy atom. The number of allylic oxidation sites excluding steroid dienone is 2. The molecule has 130 valence electrons. The SMILES string of the molecule is C=CC1=C(c2ccccc2)C(C)(C)C(C)=[N+]1CCCCS(=O)(=O)[O-]. The van der Waals surface area contributed by atoms with Gasteiger partial charge >= 0.3 is 0 Å². The van der Waals surface area contributed by atoms with Gasteiger partial charge < -0.3 is 4.55 Å². The van der Waals surface area contributed by atoms with Crippen LogP contribution in [0, 0.1) is 5.41 Å². The molecule has 0 saturated carbocycles. The number of hydrogen-bond acceptors (Lipinski definition) is 3. The van der Waals surface area contributed by atoms with Crippen molar-refractivity contribution in [3.05, 3.63) is 54.2 Å². The maximum atomic E-state index is 10.8. The van der Waals surface area contributed by atoms with Gasteiger partial charge in [-0.15, -0.1) is 0 Å². The zero-order valence-corrected chi connectivity index (χ0v) is 15.4. The van der Waals surface area contributed by atoms with Crippen LogP contribution >= 0.6 is 0 Å². The average Bonchev–Trinajstić information content (AvgIpc) is 2.71. The molecule has 0 radical (unpaired) electrons. The molecule has 24 heavy (non-hydrogen) atoms. The highest BCUT2D eigenvalue weighted by atomic mass is 32.2. The second kappa shape index (κ2) is 7.03. The predicted octanol–water partition coefficient (Wildman–Crippen LogP) is 3.42. The third kappa shape index (κ3) is 3.84. The highest BCUT2D eigenvalue weighted by Gasteiger charge is 2.44. The van der Waals surface area contributed by atoms with Gasteiger partial charge in [0.1, 0.15) is 6.54 Å². The van der Waals surface area contributed by atoms with Crippen LogP contribution in [-0.4, -0.2) is 35.6 Å². The molecule has 0 aromatic heterocycles. The number of nitrogens with zero attached hydrogens (tertiary/aromatic N) is 1. The molecule has 0 amide bonds. The van der Waals surface area contributed by atoms with Gasteiger partial charge in [0.2, 0.25) is 5.70 Å². The molecule has 0 saturated heterocycles. The fraction of sp³-hybridized carbons (Fsp3) is 0.421. The number of unbranched alkanes of at least 4 members (excludes halogenated alkanes) is 1. The lowest BCUT2D eigenvalue weighted by Crippen LogP contribution is -2.25. The molecular weight excluding hydrogens is 322 g/mol. The Morgan fingerprint density at radius 2 is 1.83 bits per heavy atom. The predicted molar refractivity (Wildman–Crippen MR) is 96.9 cm³/mol. The van der Waals surface area contributed by atoms with E-state index in [1.807, 2.05) is 24.3 Å². The summed E-state index contributed by atoms with van der Waals surface area (Å²) < 4.78 is 34.5. The van der Waals surface area contributed by atoms with Crippen LogP contribution in [-0.2, 0) is 10.1 Å². The number of benzene rings is 1. The summed E-state index contributed by atoms with van der Waals surface area (Å²) in [5.74, 6) is -0.304. The van der Waals surface area contributed by atoms with Gasteiger partial charge in [-0.25, -0.2) is 8.42 Å². The zero-order chi connectivity index (χ0) is 18.0. The average molecular weight is 347 g/mol. The van der Waals surface area contributed by atoms with E-state index in [0.29, 0.717) is 19.4 Å². The van der Waals surface area contributed by atoms with Crippen LogP contribution < -0.4 is 0 Å². The van der Waals surface area contributed by atoms with Crippen LogP contribution in [0.5, 0.6) is 0 Å². The Hall–Kier alpha value is -1.72. The molecule has 0 aliphatic carbocycles. The molecule has 1 heterocycles. The molecule has 0 fully saturated rings. The van der Waals surface area contributed by atoms with Gasteiger partial charge in [0.25, 0.3) is 0 Å². The van der Waals surface area contributed by atoms with Crippen molar-refractivity contribution in [3.63, 3.8) is 0 Å². The van der Waals surface area contributed by atoms with Crippen molar-refractivity contribution >= 4 is 21.4 Å². The van der Waals surface area contributed by atoms with Gasteiger partial charge in [0.15, 0.2) is 5.71 Å². The van der Waals surface area contributed by atoms with E-state index in [1.54, 1.807) is 0 Å². The monoisotopic (exact) mass is 347 g/mol. The standard InChI is InChI=1S/C19H25NO3S/c1-5-17-18(16-11-7-6-8-12-16)19(3,4)15(2)20(17)13-9-10-14-24(21,22)23/h5-8,11-12H,1,9-10,13-14H2,2-4H3. The molecule has 0 bridgehead atoms. The molecule has 0 unspecified atom stereocenters. The fourth-order valence-corrected chi connectivity index (χ4v) is 3.87. The summed E-state index contributed by atoms with van der Waals surface area (Å²) in [4.78, 5) is 0. The first-order valence-corrected chi connectivity index (χ1v) is 9.74. The van der Waals surface area contributed by atoms with Gasteiger partial charge in [0, 0.05) is 30.7 Å². The summed E-state index contributed by atoms with van der Waals surface area (Å²) in [6, 6.07) is 10.2. The fourth-order valence-electron chi connectivity index (χ4n) is 3.32. The molecule has 1 aromatic rings. The van der Waals surface area contributed by atoms with E-state index in [1.165, 1.54) is 16.8 Å². The molecular formula is C19H25NO3S. The van der Waals surface area contributed by atoms with E-state index in [2.05, 4.69) is 44.1 Å². The maximum Gasteiger partial charge on any atom is 0.209 e. The lowest BCUT2D eigenvalue weighted by Gasteiger charge is -2.19. The highest BCUT2D eigenvalue weighted by molar-refractivity contribution is 7.85. The van der Waals surface area contributed by atoms with Crippen molar-refractivity contribution in [2.45, 2.75) is 33.6 Å². The summed E-state index contributed by atoms with van der Waals surface area (Å²) in [6.45, 7) is 11.1. The molecule has 1 aromatic carbocycles. The molecule has 2 rings (SSSR count). The van der Waals surface area contributed by atoms with Crippen LogP contribution in [0.25, 0.3) is 5.57 Å². The third-order valence-electron chi connectivity index (χ3n) is 4.76. The summed E-state index contributed by atoms with van der Waals surface area (Å²) in [7, 11) is -4.14. The Kier molecular flexibility index (Phi) is 5.45. The second-order valence-corrected chi connectivity index (χ2v) is 8.18. The lowest BCUT2D eigenvalue weighted by atomic mass is 9.78. The van der Waals surface area contributed by atoms with E-state index >= 15 is 0 Å². The van der Waals surface area contributed by atoms with Crippen LogP contribution in [0.15, 0.2) is 48.7 Å². The van der Waals surface area contributed by atoms with Crippen molar-refractivity contribution in [1.82, 2.24) is 0 Å². The van der Waals surface area contributed by atoms with Crippen molar-refractivity contribution in [3.8, 4) is 0 Å². The quantitative estimate of drug-likeness (QED) is 0.431. The third-order valence-corrected chi connectivity index (χ3v) is 5.55. The summed E-state index contributed by atoms with van der Waals surface area (Å²) in [5.41, 5.74) is 4.54. The van der Waals surface area contributed by atoms with Crippen molar-refractivity contribution < 1.29 is 17.5 Å². The Balaban J connectivity index is 2.31. The summed E-state index contributed by atoms with van der Waals surface area (Å²) >= 11 is 0. The second-order valence-electron chi connectivity index (χ2n) is 6.66. The van der Waals surface area contributed by atoms with Crippen LogP contribution in [0.2, 0.25) is 0 Å². The molecule has 5 heteroatoms. The summed E-state index contributed by atoms with van der Waals surface area (Å²) in [6.07, 6.45) is 2.89. The van der Waals surface area contributed by atoms with Crippen LogP contribution in [0.3, 0.4) is 0 Å². The van der Waals surface area contributed by atoms with Gasteiger partial charge in [-0.3, -0.25) is 0 Å². The van der Waals surface area contributed by atoms with E-state index in [0.717, 1.165) is 5.70 Å². The topological polar surface area (TPSA) is 60.2 Å². The Morgan fingerprint density at radius 3 is 2.38 bits per heavy atom. The Bertz CT molecular complexity index is 787. The normalized spacial score (nSPS) is 17.5. The molecule has 0 spiro atoms. The summed E-state index contributed by atoms with van der Waals surface area (Å²) in [5, 5.41) is 0. The van der Waals surface area contributed by atoms with Gasteiger partial charge in [-0.1, -0.05) is 36.9 Å².